The van der Waals surface area contributed by atoms with Gasteiger partial charge in [-0.3, -0.25) is 9.67 Å². The molecule has 4 heterocycles. The van der Waals surface area contributed by atoms with Gasteiger partial charge in [0.25, 0.3) is 0 Å². The summed E-state index contributed by atoms with van der Waals surface area (Å²) in [5.74, 6) is 2.45. The molecule has 3 unspecified atom stereocenters. The summed E-state index contributed by atoms with van der Waals surface area (Å²) in [7, 11) is 0. The summed E-state index contributed by atoms with van der Waals surface area (Å²) >= 11 is 5.45. The standard InChI is InChI=1S/C22H24N8S/c31-22(30-7-6-23-12-30)28-19-11-25-29-20(19)21-26-16-5-4-13(9-18(16)27-21)8-17-15-3-1-2-14(15)10-24-17/h4-7,9,11-12,14-15,17,24H,1-3,8,10H2,(H,25,29)(H,26,27)(H,28,31). The van der Waals surface area contributed by atoms with Crippen LogP contribution in [0.15, 0.2) is 43.1 Å². The van der Waals surface area contributed by atoms with Gasteiger partial charge in [0, 0.05) is 18.4 Å². The molecule has 4 N–H and O–H groups in total. The van der Waals surface area contributed by atoms with Crippen molar-refractivity contribution >= 4 is 34.1 Å². The molecule has 1 aromatic carbocycles. The molecule has 0 spiro atoms. The van der Waals surface area contributed by atoms with Gasteiger partial charge in [-0.15, -0.1) is 0 Å². The van der Waals surface area contributed by atoms with Gasteiger partial charge in [-0.25, -0.2) is 9.97 Å². The lowest BCUT2D eigenvalue weighted by molar-refractivity contribution is 0.409. The maximum atomic E-state index is 5.45. The molecule has 3 atom stereocenters. The number of nitrogens with zero attached hydrogens (tertiary/aromatic N) is 4. The van der Waals surface area contributed by atoms with Gasteiger partial charge in [-0.05, 0) is 67.6 Å². The van der Waals surface area contributed by atoms with Crippen LogP contribution in [0.3, 0.4) is 0 Å². The van der Waals surface area contributed by atoms with Crippen LogP contribution in [0, 0.1) is 11.8 Å². The van der Waals surface area contributed by atoms with Crippen LogP contribution in [0.25, 0.3) is 22.6 Å². The average Bonchev–Trinajstić information content (AvgIpc) is 3.56. The zero-order chi connectivity index (χ0) is 20.8. The van der Waals surface area contributed by atoms with Crippen molar-refractivity contribution in [1.29, 1.82) is 0 Å². The van der Waals surface area contributed by atoms with Crippen molar-refractivity contribution in [3.63, 3.8) is 0 Å². The lowest BCUT2D eigenvalue weighted by Gasteiger charge is -2.18. The van der Waals surface area contributed by atoms with E-state index >= 15 is 0 Å². The van der Waals surface area contributed by atoms with Crippen molar-refractivity contribution in [3.05, 3.63) is 48.7 Å². The Labute approximate surface area is 184 Å². The molecule has 3 aromatic heterocycles. The summed E-state index contributed by atoms with van der Waals surface area (Å²) < 4.78 is 1.74. The van der Waals surface area contributed by atoms with Crippen molar-refractivity contribution in [2.45, 2.75) is 31.7 Å². The molecule has 1 aliphatic carbocycles. The van der Waals surface area contributed by atoms with Crippen LogP contribution in [0.5, 0.6) is 0 Å². The fourth-order valence-corrected chi connectivity index (χ4v) is 5.42. The molecular weight excluding hydrogens is 408 g/mol. The molecule has 1 aliphatic heterocycles. The van der Waals surface area contributed by atoms with E-state index in [1.165, 1.54) is 31.4 Å². The minimum absolute atomic E-state index is 0.521. The molecule has 31 heavy (non-hydrogen) atoms. The zero-order valence-corrected chi connectivity index (χ0v) is 17.8. The molecule has 9 heteroatoms. The van der Waals surface area contributed by atoms with Gasteiger partial charge in [-0.2, -0.15) is 5.10 Å². The summed E-state index contributed by atoms with van der Waals surface area (Å²) in [6.45, 7) is 1.18. The van der Waals surface area contributed by atoms with Gasteiger partial charge in [0.1, 0.15) is 12.0 Å². The van der Waals surface area contributed by atoms with Crippen LogP contribution in [-0.2, 0) is 6.42 Å². The van der Waals surface area contributed by atoms with E-state index < -0.39 is 0 Å². The van der Waals surface area contributed by atoms with E-state index in [9.17, 15) is 0 Å². The van der Waals surface area contributed by atoms with Crippen molar-refractivity contribution < 1.29 is 0 Å². The Morgan fingerprint density at radius 2 is 2.26 bits per heavy atom. The number of aromatic amines is 2. The first-order valence-corrected chi connectivity index (χ1v) is 11.2. The number of hydrogen-bond donors (Lipinski definition) is 4. The third-order valence-electron chi connectivity index (χ3n) is 6.74. The van der Waals surface area contributed by atoms with E-state index in [1.54, 1.807) is 29.5 Å². The maximum Gasteiger partial charge on any atom is 0.183 e. The van der Waals surface area contributed by atoms with Crippen LogP contribution in [0.1, 0.15) is 24.8 Å². The fourth-order valence-electron chi connectivity index (χ4n) is 5.20. The molecule has 8 nitrogen and oxygen atoms in total. The Balaban J connectivity index is 1.24. The summed E-state index contributed by atoms with van der Waals surface area (Å²) in [5, 5.41) is 14.7. The van der Waals surface area contributed by atoms with Crippen LogP contribution in [0.4, 0.5) is 5.69 Å². The second kappa shape index (κ2) is 7.58. The Bertz CT molecular complexity index is 1220. The number of thiocarbonyl (C=S) groups is 1. The van der Waals surface area contributed by atoms with Crippen LogP contribution in [0.2, 0.25) is 0 Å². The minimum Gasteiger partial charge on any atom is -0.337 e. The number of nitrogens with one attached hydrogen (secondary N) is 4. The van der Waals surface area contributed by atoms with E-state index in [1.807, 2.05) is 0 Å². The van der Waals surface area contributed by atoms with E-state index in [0.717, 1.165) is 46.5 Å². The number of aromatic nitrogens is 6. The van der Waals surface area contributed by atoms with Crippen LogP contribution in [-0.4, -0.2) is 47.4 Å². The predicted molar refractivity (Wildman–Crippen MR) is 124 cm³/mol. The second-order valence-electron chi connectivity index (χ2n) is 8.57. The third-order valence-corrected chi connectivity index (χ3v) is 7.05. The summed E-state index contributed by atoms with van der Waals surface area (Å²) in [6.07, 6.45) is 12.1. The summed E-state index contributed by atoms with van der Waals surface area (Å²) in [5.41, 5.74) is 4.85. The Morgan fingerprint density at radius 1 is 1.29 bits per heavy atom. The summed E-state index contributed by atoms with van der Waals surface area (Å²) in [4.78, 5) is 12.3. The molecule has 0 bridgehead atoms. The van der Waals surface area contributed by atoms with Crippen molar-refractivity contribution in [3.8, 4) is 11.5 Å². The Hall–Kier alpha value is -3.04. The number of benzene rings is 1. The van der Waals surface area contributed by atoms with Crippen LogP contribution < -0.4 is 10.6 Å². The van der Waals surface area contributed by atoms with Crippen molar-refractivity contribution in [2.75, 3.05) is 11.9 Å². The second-order valence-corrected chi connectivity index (χ2v) is 8.96. The van der Waals surface area contributed by atoms with Gasteiger partial charge in [0.2, 0.25) is 0 Å². The first-order chi connectivity index (χ1) is 15.2. The number of anilines is 1. The first-order valence-electron chi connectivity index (χ1n) is 10.8. The highest BCUT2D eigenvalue weighted by Crippen LogP contribution is 2.38. The molecule has 1 saturated carbocycles. The normalized spacial score (nSPS) is 22.8. The Kier molecular flexibility index (Phi) is 4.57. The van der Waals surface area contributed by atoms with Crippen molar-refractivity contribution in [2.24, 2.45) is 11.8 Å². The quantitative estimate of drug-likeness (QED) is 0.369. The van der Waals surface area contributed by atoms with Gasteiger partial charge in [0.05, 0.1) is 22.9 Å². The topological polar surface area (TPSA) is 99.2 Å². The van der Waals surface area contributed by atoms with Crippen LogP contribution >= 0.6 is 12.2 Å². The maximum absolute atomic E-state index is 5.45. The molecule has 2 fully saturated rings. The molecule has 4 aromatic rings. The molecule has 158 valence electrons. The fraction of sp³-hybridized carbons (Fsp3) is 0.364. The number of hydrogen-bond acceptors (Lipinski definition) is 5. The number of H-pyrrole nitrogens is 2. The minimum atomic E-state index is 0.521. The average molecular weight is 433 g/mol. The van der Waals surface area contributed by atoms with E-state index in [0.29, 0.717) is 11.2 Å². The lowest BCUT2D eigenvalue weighted by atomic mass is 9.90. The number of fused-ring (bicyclic) bond motifs is 2. The SMILES string of the molecule is S=C(Nc1cn[nH]c1-c1nc2ccc(CC3NCC4CCCC43)cc2[nH]1)n1ccnc1. The van der Waals surface area contributed by atoms with Gasteiger partial charge in [0.15, 0.2) is 10.9 Å². The summed E-state index contributed by atoms with van der Waals surface area (Å²) in [6, 6.07) is 7.14. The van der Waals surface area contributed by atoms with Gasteiger partial charge in [-0.1, -0.05) is 12.5 Å². The Morgan fingerprint density at radius 3 is 3.16 bits per heavy atom. The molecule has 1 saturated heterocycles. The molecule has 2 aliphatic rings. The lowest BCUT2D eigenvalue weighted by Crippen LogP contribution is -2.29. The monoisotopic (exact) mass is 432 g/mol. The van der Waals surface area contributed by atoms with Gasteiger partial charge >= 0.3 is 0 Å². The predicted octanol–water partition coefficient (Wildman–Crippen LogP) is 3.33. The van der Waals surface area contributed by atoms with Gasteiger partial charge < -0.3 is 15.6 Å². The highest BCUT2D eigenvalue weighted by molar-refractivity contribution is 7.80. The highest BCUT2D eigenvalue weighted by atomic mass is 32.1. The smallest absolute Gasteiger partial charge is 0.183 e. The highest BCUT2D eigenvalue weighted by Gasteiger charge is 2.38. The van der Waals surface area contributed by atoms with E-state index in [-0.39, 0.29) is 0 Å². The molecule has 0 radical (unpaired) electrons. The number of imidazole rings is 2. The number of rotatable bonds is 4. The van der Waals surface area contributed by atoms with Crippen molar-refractivity contribution in [1.82, 2.24) is 35.0 Å². The molecule has 0 amide bonds. The zero-order valence-electron chi connectivity index (χ0n) is 17.0. The van der Waals surface area contributed by atoms with E-state index in [2.05, 4.69) is 49.0 Å². The molecular formula is C22H24N8S. The van der Waals surface area contributed by atoms with E-state index in [4.69, 9.17) is 17.2 Å². The molecule has 6 rings (SSSR count). The largest absolute Gasteiger partial charge is 0.337 e. The third kappa shape index (κ3) is 3.43. The first kappa shape index (κ1) is 18.7.